The van der Waals surface area contributed by atoms with Gasteiger partial charge in [-0.3, -0.25) is 4.79 Å². The summed E-state index contributed by atoms with van der Waals surface area (Å²) in [6.45, 7) is 6.03. The quantitative estimate of drug-likeness (QED) is 0.643. The van der Waals surface area contributed by atoms with E-state index in [1.807, 2.05) is 31.7 Å². The first-order chi connectivity index (χ1) is 15.1. The van der Waals surface area contributed by atoms with Gasteiger partial charge in [0.15, 0.2) is 5.75 Å². The van der Waals surface area contributed by atoms with E-state index in [9.17, 15) is 9.59 Å². The maximum absolute atomic E-state index is 12.5. The summed E-state index contributed by atoms with van der Waals surface area (Å²) in [5.74, 6) is -0.366. The molecule has 0 aliphatic carbocycles. The van der Waals surface area contributed by atoms with Crippen molar-refractivity contribution in [1.29, 1.82) is 0 Å². The zero-order chi connectivity index (χ0) is 23.5. The van der Waals surface area contributed by atoms with Gasteiger partial charge in [0.25, 0.3) is 0 Å². The molecular formula is C24H29ClN2O5. The second kappa shape index (κ2) is 9.79. The lowest BCUT2D eigenvalue weighted by Crippen LogP contribution is -2.50. The highest BCUT2D eigenvalue weighted by atomic mass is 35.5. The first kappa shape index (κ1) is 23.9. The molecule has 7 nitrogen and oxygen atoms in total. The predicted molar refractivity (Wildman–Crippen MR) is 123 cm³/mol. The molecule has 1 fully saturated rings. The molecule has 2 aromatic carbocycles. The summed E-state index contributed by atoms with van der Waals surface area (Å²) in [5.41, 5.74) is 6.81. The average molecular weight is 461 g/mol. The highest BCUT2D eigenvalue weighted by Gasteiger charge is 2.35. The van der Waals surface area contributed by atoms with E-state index in [0.29, 0.717) is 41.6 Å². The van der Waals surface area contributed by atoms with E-state index in [1.165, 1.54) is 7.11 Å². The minimum Gasteiger partial charge on any atom is -0.465 e. The van der Waals surface area contributed by atoms with Crippen molar-refractivity contribution < 1.29 is 23.8 Å². The van der Waals surface area contributed by atoms with Crippen molar-refractivity contribution in [3.8, 4) is 11.5 Å². The first-order valence-corrected chi connectivity index (χ1v) is 10.9. The van der Waals surface area contributed by atoms with Gasteiger partial charge in [0.1, 0.15) is 16.9 Å². The summed E-state index contributed by atoms with van der Waals surface area (Å²) < 4.78 is 16.6. The third kappa shape index (κ3) is 5.53. The lowest BCUT2D eigenvalue weighted by atomic mass is 9.93. The number of nitrogens with zero attached hydrogens (tertiary/aromatic N) is 1. The zero-order valence-electron chi connectivity index (χ0n) is 18.8. The van der Waals surface area contributed by atoms with Gasteiger partial charge in [0.2, 0.25) is 0 Å². The number of hydrogen-bond donors (Lipinski definition) is 1. The van der Waals surface area contributed by atoms with Crippen LogP contribution in [0.5, 0.6) is 11.5 Å². The van der Waals surface area contributed by atoms with Crippen molar-refractivity contribution in [2.75, 3.05) is 18.6 Å². The Morgan fingerprint density at radius 3 is 2.47 bits per heavy atom. The number of nitrogens with two attached hydrogens (primary N) is 1. The summed E-state index contributed by atoms with van der Waals surface area (Å²) >= 11 is 6.28. The van der Waals surface area contributed by atoms with Gasteiger partial charge in [0, 0.05) is 6.54 Å². The molecule has 2 unspecified atom stereocenters. The van der Waals surface area contributed by atoms with Gasteiger partial charge in [0.05, 0.1) is 29.9 Å². The number of methoxy groups -OCH3 is 1. The van der Waals surface area contributed by atoms with Crippen LogP contribution in [0.1, 0.15) is 44.0 Å². The second-order valence-electron chi connectivity index (χ2n) is 8.69. The van der Waals surface area contributed by atoms with E-state index < -0.39 is 17.7 Å². The summed E-state index contributed by atoms with van der Waals surface area (Å²) in [6, 6.07) is 12.2. The zero-order valence-corrected chi connectivity index (χ0v) is 19.5. The van der Waals surface area contributed by atoms with Gasteiger partial charge in [-0.25, -0.2) is 4.79 Å². The largest absolute Gasteiger partial charge is 0.465 e. The molecule has 2 aromatic rings. The molecule has 1 aliphatic rings. The van der Waals surface area contributed by atoms with Gasteiger partial charge in [-0.05, 0) is 57.9 Å². The lowest BCUT2D eigenvalue weighted by Gasteiger charge is -2.39. The van der Waals surface area contributed by atoms with E-state index in [4.69, 9.17) is 31.5 Å². The standard InChI is InChI=1S/C24H29ClN2O5/c1-24(2,3)32-22(28)15-12-13-27(20(26)14-15)18-10-7-8-16(23(29)30-4)21(18)31-19-11-6-5-9-17(19)25/h5-11,15,20H,12-14,26H2,1-4H3. The fourth-order valence-corrected chi connectivity index (χ4v) is 3.84. The maximum atomic E-state index is 12.5. The SMILES string of the molecule is COC(=O)c1cccc(N2CCC(C(=O)OC(C)(C)C)CC2N)c1Oc1ccccc1Cl. The third-order valence-corrected chi connectivity index (χ3v) is 5.45. The molecule has 8 heteroatoms. The van der Waals surface area contributed by atoms with Crippen LogP contribution in [0.4, 0.5) is 5.69 Å². The van der Waals surface area contributed by atoms with Crippen molar-refractivity contribution >= 4 is 29.2 Å². The number of benzene rings is 2. The number of ether oxygens (including phenoxy) is 3. The Hall–Kier alpha value is -2.77. The Bertz CT molecular complexity index is 989. The van der Waals surface area contributed by atoms with Gasteiger partial charge >= 0.3 is 11.9 Å². The highest BCUT2D eigenvalue weighted by molar-refractivity contribution is 6.32. The summed E-state index contributed by atoms with van der Waals surface area (Å²) in [7, 11) is 1.31. The number of hydrogen-bond acceptors (Lipinski definition) is 7. The van der Waals surface area contributed by atoms with Crippen molar-refractivity contribution in [3.63, 3.8) is 0 Å². The van der Waals surface area contributed by atoms with E-state index >= 15 is 0 Å². The molecule has 3 rings (SSSR count). The maximum Gasteiger partial charge on any atom is 0.341 e. The van der Waals surface area contributed by atoms with Crippen molar-refractivity contribution in [2.45, 2.75) is 45.4 Å². The molecular weight excluding hydrogens is 432 g/mol. The normalized spacial score (nSPS) is 18.8. The minimum atomic E-state index is -0.552. The Balaban J connectivity index is 1.91. The summed E-state index contributed by atoms with van der Waals surface area (Å²) in [4.78, 5) is 26.9. The predicted octanol–water partition coefficient (Wildman–Crippen LogP) is 4.76. The molecule has 0 spiro atoms. The number of rotatable bonds is 5. The van der Waals surface area contributed by atoms with Gasteiger partial charge < -0.3 is 24.8 Å². The number of halogens is 1. The smallest absolute Gasteiger partial charge is 0.341 e. The first-order valence-electron chi connectivity index (χ1n) is 10.5. The van der Waals surface area contributed by atoms with Crippen LogP contribution in [0.3, 0.4) is 0 Å². The van der Waals surface area contributed by atoms with Crippen LogP contribution in [-0.4, -0.2) is 37.4 Å². The number of piperidine rings is 1. The molecule has 0 bridgehead atoms. The molecule has 0 amide bonds. The van der Waals surface area contributed by atoms with E-state index in [2.05, 4.69) is 0 Å². The minimum absolute atomic E-state index is 0.247. The summed E-state index contributed by atoms with van der Waals surface area (Å²) in [5, 5.41) is 0.408. The van der Waals surface area contributed by atoms with Gasteiger partial charge in [-0.15, -0.1) is 0 Å². The monoisotopic (exact) mass is 460 g/mol. The van der Waals surface area contributed by atoms with Crippen LogP contribution in [0.2, 0.25) is 5.02 Å². The topological polar surface area (TPSA) is 91.1 Å². The number of anilines is 1. The molecule has 172 valence electrons. The van der Waals surface area contributed by atoms with E-state index in [-0.39, 0.29) is 17.5 Å². The average Bonchev–Trinajstić information content (AvgIpc) is 2.74. The number of carbonyl (C=O) groups is 2. The second-order valence-corrected chi connectivity index (χ2v) is 9.10. The molecule has 1 aliphatic heterocycles. The molecule has 0 saturated carbocycles. The Morgan fingerprint density at radius 1 is 1.12 bits per heavy atom. The molecule has 0 aromatic heterocycles. The van der Waals surface area contributed by atoms with Crippen LogP contribution >= 0.6 is 11.6 Å². The summed E-state index contributed by atoms with van der Waals surface area (Å²) in [6.07, 6.45) is 0.516. The Morgan fingerprint density at radius 2 is 1.84 bits per heavy atom. The van der Waals surface area contributed by atoms with Gasteiger partial charge in [-0.2, -0.15) is 0 Å². The molecule has 32 heavy (non-hydrogen) atoms. The molecule has 2 N–H and O–H groups in total. The van der Waals surface area contributed by atoms with Crippen LogP contribution < -0.4 is 15.4 Å². The van der Waals surface area contributed by atoms with Crippen LogP contribution in [0.25, 0.3) is 0 Å². The molecule has 1 heterocycles. The van der Waals surface area contributed by atoms with Crippen LogP contribution in [0, 0.1) is 5.92 Å². The molecule has 2 atom stereocenters. The Labute approximate surface area is 193 Å². The fourth-order valence-electron chi connectivity index (χ4n) is 3.66. The third-order valence-electron chi connectivity index (χ3n) is 5.14. The fraction of sp³-hybridized carbons (Fsp3) is 0.417. The van der Waals surface area contributed by atoms with E-state index in [0.717, 1.165) is 0 Å². The highest BCUT2D eigenvalue weighted by Crippen LogP contribution is 2.40. The van der Waals surface area contributed by atoms with E-state index in [1.54, 1.807) is 36.4 Å². The number of carbonyl (C=O) groups excluding carboxylic acids is 2. The van der Waals surface area contributed by atoms with Crippen molar-refractivity contribution in [2.24, 2.45) is 11.7 Å². The number of para-hydroxylation sites is 2. The van der Waals surface area contributed by atoms with Crippen molar-refractivity contribution in [1.82, 2.24) is 0 Å². The van der Waals surface area contributed by atoms with Crippen LogP contribution in [0.15, 0.2) is 42.5 Å². The molecule has 1 saturated heterocycles. The van der Waals surface area contributed by atoms with Crippen LogP contribution in [-0.2, 0) is 14.3 Å². The molecule has 0 radical (unpaired) electrons. The van der Waals surface area contributed by atoms with Gasteiger partial charge in [-0.1, -0.05) is 29.8 Å². The lowest BCUT2D eigenvalue weighted by molar-refractivity contribution is -0.161. The Kier molecular flexibility index (Phi) is 7.31. The van der Waals surface area contributed by atoms with Crippen molar-refractivity contribution in [3.05, 3.63) is 53.1 Å². The number of esters is 2.